The van der Waals surface area contributed by atoms with Crippen molar-refractivity contribution in [3.05, 3.63) is 35.4 Å². The van der Waals surface area contributed by atoms with Crippen LogP contribution in [-0.4, -0.2) is 32.2 Å². The number of nitrogens with one attached hydrogen (secondary N) is 2. The molecule has 0 atom stereocenters. The zero-order valence-corrected chi connectivity index (χ0v) is 14.7. The molecule has 126 valence electrons. The molecule has 1 aromatic carbocycles. The largest absolute Gasteiger partial charge is 0.346 e. The SMILES string of the molecule is CCS(=O)(=O)NCc1ccc(C(=O)NC(C)(C)CN)cc1.Cl. The number of nitrogens with two attached hydrogens (primary N) is 1. The molecular formula is C14H24ClN3O3S. The smallest absolute Gasteiger partial charge is 0.251 e. The summed E-state index contributed by atoms with van der Waals surface area (Å²) in [7, 11) is -3.21. The molecule has 0 fully saturated rings. The quantitative estimate of drug-likeness (QED) is 0.683. The third kappa shape index (κ3) is 6.74. The van der Waals surface area contributed by atoms with Gasteiger partial charge in [-0.3, -0.25) is 4.79 Å². The fourth-order valence-electron chi connectivity index (χ4n) is 1.50. The first-order valence-corrected chi connectivity index (χ1v) is 8.43. The molecule has 6 nitrogen and oxygen atoms in total. The molecular weight excluding hydrogens is 326 g/mol. The van der Waals surface area contributed by atoms with Crippen LogP contribution in [0.1, 0.15) is 36.7 Å². The number of sulfonamides is 1. The summed E-state index contributed by atoms with van der Waals surface area (Å²) in [6.45, 7) is 5.83. The number of benzene rings is 1. The summed E-state index contributed by atoms with van der Waals surface area (Å²) in [6, 6.07) is 6.78. The number of hydrogen-bond acceptors (Lipinski definition) is 4. The average Bonchev–Trinajstić information content (AvgIpc) is 2.45. The Bertz CT molecular complexity index is 586. The maximum Gasteiger partial charge on any atom is 0.251 e. The van der Waals surface area contributed by atoms with Crippen LogP contribution in [0.2, 0.25) is 0 Å². The standard InChI is InChI=1S/C14H23N3O3S.ClH/c1-4-21(19,20)16-9-11-5-7-12(8-6-11)13(18)17-14(2,3)10-15;/h5-8,16H,4,9-10,15H2,1-3H3,(H,17,18);1H. The maximum atomic E-state index is 12.0. The highest BCUT2D eigenvalue weighted by atomic mass is 35.5. The third-order valence-electron chi connectivity index (χ3n) is 3.05. The zero-order chi connectivity index (χ0) is 16.1. The second kappa shape index (κ2) is 8.47. The van der Waals surface area contributed by atoms with Crippen LogP contribution in [0.4, 0.5) is 0 Å². The first-order valence-electron chi connectivity index (χ1n) is 6.78. The lowest BCUT2D eigenvalue weighted by Gasteiger charge is -2.24. The molecule has 1 aromatic rings. The van der Waals surface area contributed by atoms with Crippen molar-refractivity contribution in [3.63, 3.8) is 0 Å². The Balaban J connectivity index is 0.00000441. The van der Waals surface area contributed by atoms with Crippen molar-refractivity contribution < 1.29 is 13.2 Å². The molecule has 1 rings (SSSR count). The second-order valence-electron chi connectivity index (χ2n) is 5.46. The second-order valence-corrected chi connectivity index (χ2v) is 7.56. The van der Waals surface area contributed by atoms with E-state index in [0.29, 0.717) is 12.1 Å². The van der Waals surface area contributed by atoms with Gasteiger partial charge in [0.1, 0.15) is 0 Å². The Hall–Kier alpha value is -1.15. The van der Waals surface area contributed by atoms with Crippen molar-refractivity contribution in [2.24, 2.45) is 5.73 Å². The lowest BCUT2D eigenvalue weighted by molar-refractivity contribution is 0.0915. The van der Waals surface area contributed by atoms with E-state index in [9.17, 15) is 13.2 Å². The van der Waals surface area contributed by atoms with E-state index in [1.807, 2.05) is 13.8 Å². The van der Waals surface area contributed by atoms with E-state index in [1.165, 1.54) is 0 Å². The Morgan fingerprint density at radius 3 is 2.23 bits per heavy atom. The van der Waals surface area contributed by atoms with Crippen molar-refractivity contribution >= 4 is 28.3 Å². The van der Waals surface area contributed by atoms with Crippen LogP contribution < -0.4 is 15.8 Å². The van der Waals surface area contributed by atoms with Crippen LogP contribution in [0.5, 0.6) is 0 Å². The topological polar surface area (TPSA) is 101 Å². The summed E-state index contributed by atoms with van der Waals surface area (Å²) in [5, 5.41) is 2.83. The van der Waals surface area contributed by atoms with Gasteiger partial charge in [-0.25, -0.2) is 13.1 Å². The molecule has 0 unspecified atom stereocenters. The van der Waals surface area contributed by atoms with E-state index < -0.39 is 15.6 Å². The normalized spacial score (nSPS) is 11.6. The van der Waals surface area contributed by atoms with Crippen LogP contribution in [0, 0.1) is 0 Å². The van der Waals surface area contributed by atoms with E-state index in [4.69, 9.17) is 5.73 Å². The molecule has 0 saturated heterocycles. The fraction of sp³-hybridized carbons (Fsp3) is 0.500. The Morgan fingerprint density at radius 1 is 1.23 bits per heavy atom. The molecule has 0 spiro atoms. The minimum Gasteiger partial charge on any atom is -0.346 e. The monoisotopic (exact) mass is 349 g/mol. The molecule has 22 heavy (non-hydrogen) atoms. The minimum absolute atomic E-state index is 0. The van der Waals surface area contributed by atoms with Crippen LogP contribution >= 0.6 is 12.4 Å². The number of rotatable bonds is 7. The van der Waals surface area contributed by atoms with Crippen molar-refractivity contribution in [1.82, 2.24) is 10.0 Å². The first kappa shape index (κ1) is 20.9. The van der Waals surface area contributed by atoms with Gasteiger partial charge in [-0.2, -0.15) is 0 Å². The number of hydrogen-bond donors (Lipinski definition) is 3. The highest BCUT2D eigenvalue weighted by Gasteiger charge is 2.19. The van der Waals surface area contributed by atoms with Crippen molar-refractivity contribution in [1.29, 1.82) is 0 Å². The van der Waals surface area contributed by atoms with Crippen molar-refractivity contribution in [2.45, 2.75) is 32.9 Å². The molecule has 0 heterocycles. The van der Waals surface area contributed by atoms with Gasteiger partial charge in [-0.05, 0) is 38.5 Å². The lowest BCUT2D eigenvalue weighted by Crippen LogP contribution is -2.48. The van der Waals surface area contributed by atoms with E-state index in [-0.39, 0.29) is 30.6 Å². The zero-order valence-electron chi connectivity index (χ0n) is 13.0. The van der Waals surface area contributed by atoms with E-state index in [1.54, 1.807) is 31.2 Å². The molecule has 0 aliphatic rings. The van der Waals surface area contributed by atoms with Gasteiger partial charge in [-0.15, -0.1) is 12.4 Å². The van der Waals surface area contributed by atoms with Gasteiger partial charge in [0.25, 0.3) is 5.91 Å². The Kier molecular flexibility index (Phi) is 8.03. The van der Waals surface area contributed by atoms with Gasteiger partial charge in [0.05, 0.1) is 5.75 Å². The molecule has 4 N–H and O–H groups in total. The third-order valence-corrected chi connectivity index (χ3v) is 4.40. The van der Waals surface area contributed by atoms with Gasteiger partial charge in [0.2, 0.25) is 10.0 Å². The summed E-state index contributed by atoms with van der Waals surface area (Å²) in [5.41, 5.74) is 6.41. The fourth-order valence-corrected chi connectivity index (χ4v) is 2.09. The lowest BCUT2D eigenvalue weighted by atomic mass is 10.0. The van der Waals surface area contributed by atoms with Gasteiger partial charge < -0.3 is 11.1 Å². The molecule has 0 radical (unpaired) electrons. The van der Waals surface area contributed by atoms with Crippen LogP contribution in [0.3, 0.4) is 0 Å². The molecule has 1 amide bonds. The molecule has 0 aliphatic heterocycles. The van der Waals surface area contributed by atoms with E-state index >= 15 is 0 Å². The van der Waals surface area contributed by atoms with Gasteiger partial charge in [0.15, 0.2) is 0 Å². The number of amides is 1. The predicted octanol–water partition coefficient (Wildman–Crippen LogP) is 1.01. The van der Waals surface area contributed by atoms with Crippen LogP contribution in [0.15, 0.2) is 24.3 Å². The molecule has 0 aromatic heterocycles. The number of carbonyl (C=O) groups is 1. The summed E-state index contributed by atoms with van der Waals surface area (Å²) < 4.78 is 25.2. The van der Waals surface area contributed by atoms with Crippen molar-refractivity contribution in [2.75, 3.05) is 12.3 Å². The molecule has 8 heteroatoms. The van der Waals surface area contributed by atoms with Crippen LogP contribution in [-0.2, 0) is 16.6 Å². The first-order chi connectivity index (χ1) is 9.69. The number of carbonyl (C=O) groups excluding carboxylic acids is 1. The highest BCUT2D eigenvalue weighted by molar-refractivity contribution is 7.89. The average molecular weight is 350 g/mol. The maximum absolute atomic E-state index is 12.0. The van der Waals surface area contributed by atoms with Gasteiger partial charge in [0, 0.05) is 24.2 Å². The summed E-state index contributed by atoms with van der Waals surface area (Å²) in [4.78, 5) is 12.0. The summed E-state index contributed by atoms with van der Waals surface area (Å²) in [6.07, 6.45) is 0. The van der Waals surface area contributed by atoms with Crippen LogP contribution in [0.25, 0.3) is 0 Å². The minimum atomic E-state index is -3.21. The molecule has 0 aliphatic carbocycles. The highest BCUT2D eigenvalue weighted by Crippen LogP contribution is 2.07. The molecule has 0 bridgehead atoms. The van der Waals surface area contributed by atoms with E-state index in [2.05, 4.69) is 10.0 Å². The number of halogens is 1. The van der Waals surface area contributed by atoms with E-state index in [0.717, 1.165) is 5.56 Å². The van der Waals surface area contributed by atoms with Gasteiger partial charge in [-0.1, -0.05) is 12.1 Å². The summed E-state index contributed by atoms with van der Waals surface area (Å²) in [5.74, 6) is -0.159. The summed E-state index contributed by atoms with van der Waals surface area (Å²) >= 11 is 0. The molecule has 0 saturated carbocycles. The predicted molar refractivity (Wildman–Crippen MR) is 90.6 cm³/mol. The Morgan fingerprint density at radius 2 is 1.77 bits per heavy atom. The van der Waals surface area contributed by atoms with Crippen molar-refractivity contribution in [3.8, 4) is 0 Å². The Labute approximate surface area is 138 Å². The van der Waals surface area contributed by atoms with Gasteiger partial charge >= 0.3 is 0 Å².